The molecule has 0 spiro atoms. The maximum atomic E-state index is 5.59. The lowest BCUT2D eigenvalue weighted by atomic mass is 9.93. The first-order valence-corrected chi connectivity index (χ1v) is 24.2. The van der Waals surface area contributed by atoms with E-state index >= 15 is 0 Å². The summed E-state index contributed by atoms with van der Waals surface area (Å²) in [5.41, 5.74) is 16.8. The second-order valence-electron chi connectivity index (χ2n) is 16.3. The SMILES string of the molecule is C=C/C=C(\C=C/C)n1c2c(c3ccccc31)C=C(c1ccc3c(n1)c1cccc(-c4ccccc4)c1n3-c1cccc(C(=NCC3=CC=CCC3)NC(N=C)c3ccccc3)c1)CC2.CC.CC. The first kappa shape index (κ1) is 46.7. The Kier molecular flexibility index (Phi) is 15.2. The van der Waals surface area contributed by atoms with Crippen LogP contribution >= 0.6 is 0 Å². The zero-order valence-electron chi connectivity index (χ0n) is 40.2. The standard InChI is InChI=1S/C58H50N6.2C2H6/c1-4-19-45(20-5-2)63-52-32-16-15-29-48(52)50-38-43(33-35-53(50)63)51-34-36-54-55(61-51)49-31-18-30-47(41-23-11-7-12-24-41)56(49)64(54)46-28-17-27-44(37-46)58(60-39-40-21-9-6-10-22-40)62-57(59-3)42-25-13-8-14-26-42;2*1-2/h4-9,11-21,23-32,34,36-38,57H,1,3,10,22,33,35,39H2,2H3,(H,60,62);2*1-2H3/b20-5-,45-19+;;. The molecule has 3 heterocycles. The van der Waals surface area contributed by atoms with E-state index in [-0.39, 0.29) is 6.17 Å². The molecule has 1 unspecified atom stereocenters. The number of para-hydroxylation sites is 2. The van der Waals surface area contributed by atoms with Gasteiger partial charge in [0.2, 0.25) is 0 Å². The van der Waals surface area contributed by atoms with Crippen LogP contribution in [0.15, 0.2) is 204 Å². The quantitative estimate of drug-likeness (QED) is 0.0755. The number of hydrogen-bond acceptors (Lipinski definition) is 3. The van der Waals surface area contributed by atoms with Crippen LogP contribution in [-0.4, -0.2) is 33.2 Å². The predicted octanol–water partition coefficient (Wildman–Crippen LogP) is 16.0. The Morgan fingerprint density at radius 1 is 0.794 bits per heavy atom. The lowest BCUT2D eigenvalue weighted by Gasteiger charge is -2.19. The summed E-state index contributed by atoms with van der Waals surface area (Å²) in [6, 6.07) is 49.4. The third-order valence-corrected chi connectivity index (χ3v) is 12.4. The Bertz CT molecular complexity index is 3260. The van der Waals surface area contributed by atoms with E-state index in [0.29, 0.717) is 6.54 Å². The van der Waals surface area contributed by atoms with Gasteiger partial charge >= 0.3 is 0 Å². The Morgan fingerprint density at radius 2 is 1.54 bits per heavy atom. The van der Waals surface area contributed by atoms with E-state index in [2.05, 4.69) is 204 Å². The fourth-order valence-corrected chi connectivity index (χ4v) is 9.42. The highest BCUT2D eigenvalue weighted by Crippen LogP contribution is 2.41. The second kappa shape index (κ2) is 22.1. The van der Waals surface area contributed by atoms with Gasteiger partial charge in [0.1, 0.15) is 12.0 Å². The second-order valence-corrected chi connectivity index (χ2v) is 16.3. The van der Waals surface area contributed by atoms with Crippen molar-refractivity contribution in [2.45, 2.75) is 66.5 Å². The normalized spacial score (nSPS) is 14.1. The van der Waals surface area contributed by atoms with Crippen molar-refractivity contribution >= 4 is 62.7 Å². The molecule has 2 aliphatic carbocycles. The van der Waals surface area contributed by atoms with Crippen LogP contribution in [0.5, 0.6) is 0 Å². The van der Waals surface area contributed by atoms with Gasteiger partial charge in [-0.25, -0.2) is 4.98 Å². The molecule has 0 saturated carbocycles. The largest absolute Gasteiger partial charge is 0.345 e. The van der Waals surface area contributed by atoms with Gasteiger partial charge in [0.15, 0.2) is 0 Å². The fourth-order valence-electron chi connectivity index (χ4n) is 9.42. The van der Waals surface area contributed by atoms with Crippen LogP contribution in [-0.2, 0) is 6.42 Å². The van der Waals surface area contributed by atoms with Gasteiger partial charge in [0.05, 0.1) is 34.3 Å². The highest BCUT2D eigenvalue weighted by atomic mass is 15.1. The first-order chi connectivity index (χ1) is 33.6. The Balaban J connectivity index is 0.00000152. The number of rotatable bonds is 12. The van der Waals surface area contributed by atoms with Crippen molar-refractivity contribution in [3.05, 3.63) is 222 Å². The minimum Gasteiger partial charge on any atom is -0.345 e. The number of hydrogen-bond donors (Lipinski definition) is 1. The Hall–Kier alpha value is -7.83. The van der Waals surface area contributed by atoms with Gasteiger partial charge in [0.25, 0.3) is 0 Å². The molecule has 1 atom stereocenters. The van der Waals surface area contributed by atoms with E-state index in [0.717, 1.165) is 92.8 Å². The predicted molar refractivity (Wildman–Crippen MR) is 294 cm³/mol. The Labute approximate surface area is 402 Å². The molecular formula is C62H62N6. The number of pyridine rings is 1. The van der Waals surface area contributed by atoms with E-state index in [1.807, 2.05) is 52.0 Å². The van der Waals surface area contributed by atoms with Crippen molar-refractivity contribution in [2.24, 2.45) is 9.98 Å². The molecule has 1 N–H and O–H groups in total. The minimum atomic E-state index is -0.370. The summed E-state index contributed by atoms with van der Waals surface area (Å²) in [7, 11) is 0. The van der Waals surface area contributed by atoms with Gasteiger partial charge in [-0.15, -0.1) is 0 Å². The summed E-state index contributed by atoms with van der Waals surface area (Å²) < 4.78 is 4.78. The van der Waals surface area contributed by atoms with Gasteiger partial charge in [-0.05, 0) is 110 Å². The molecule has 68 heavy (non-hydrogen) atoms. The summed E-state index contributed by atoms with van der Waals surface area (Å²) in [4.78, 5) is 15.4. The maximum Gasteiger partial charge on any atom is 0.145 e. The van der Waals surface area contributed by atoms with Gasteiger partial charge in [-0.2, -0.15) is 0 Å². The number of fused-ring (bicyclic) bond motifs is 6. The number of nitrogens with one attached hydrogen (secondary N) is 1. The van der Waals surface area contributed by atoms with Crippen LogP contribution in [0, 0.1) is 0 Å². The number of nitrogens with zero attached hydrogens (tertiary/aromatic N) is 5. The van der Waals surface area contributed by atoms with Crippen molar-refractivity contribution < 1.29 is 0 Å². The number of allylic oxidation sites excluding steroid dienone is 9. The van der Waals surface area contributed by atoms with Gasteiger partial charge < -0.3 is 14.5 Å². The monoisotopic (exact) mass is 891 g/mol. The smallest absolute Gasteiger partial charge is 0.145 e. The molecule has 6 heteroatoms. The van der Waals surface area contributed by atoms with Gasteiger partial charge in [-0.1, -0.05) is 174 Å². The summed E-state index contributed by atoms with van der Waals surface area (Å²) in [6.07, 6.45) is 20.6. The first-order valence-electron chi connectivity index (χ1n) is 24.2. The fraction of sp³-hybridized carbons (Fsp3) is 0.177. The van der Waals surface area contributed by atoms with E-state index in [1.165, 1.54) is 33.3 Å². The third-order valence-electron chi connectivity index (χ3n) is 12.4. The van der Waals surface area contributed by atoms with Crippen molar-refractivity contribution in [3.63, 3.8) is 0 Å². The van der Waals surface area contributed by atoms with Crippen LogP contribution < -0.4 is 5.32 Å². The molecular weight excluding hydrogens is 829 g/mol. The van der Waals surface area contributed by atoms with Crippen molar-refractivity contribution in [1.29, 1.82) is 0 Å². The molecule has 0 aliphatic heterocycles. The van der Waals surface area contributed by atoms with Crippen LogP contribution in [0.1, 0.15) is 88.1 Å². The zero-order valence-corrected chi connectivity index (χ0v) is 40.2. The minimum absolute atomic E-state index is 0.370. The topological polar surface area (TPSA) is 59.5 Å². The molecule has 8 aromatic rings. The molecule has 0 radical (unpaired) electrons. The maximum absolute atomic E-state index is 5.59. The summed E-state index contributed by atoms with van der Waals surface area (Å²) in [5, 5.41) is 6.02. The summed E-state index contributed by atoms with van der Waals surface area (Å²) in [5.74, 6) is 0.769. The third kappa shape index (κ3) is 9.41. The number of amidine groups is 1. The van der Waals surface area contributed by atoms with Crippen LogP contribution in [0.2, 0.25) is 0 Å². The molecule has 0 bridgehead atoms. The zero-order chi connectivity index (χ0) is 47.4. The van der Waals surface area contributed by atoms with Crippen molar-refractivity contribution in [3.8, 4) is 16.8 Å². The summed E-state index contributed by atoms with van der Waals surface area (Å²) >= 11 is 0. The van der Waals surface area contributed by atoms with E-state index in [9.17, 15) is 0 Å². The Morgan fingerprint density at radius 3 is 2.29 bits per heavy atom. The number of aliphatic imine (C=N–C) groups is 2. The molecule has 6 nitrogen and oxygen atoms in total. The van der Waals surface area contributed by atoms with E-state index in [4.69, 9.17) is 9.98 Å². The molecule has 0 saturated heterocycles. The molecule has 2 aliphatic rings. The molecule has 0 fully saturated rings. The lowest BCUT2D eigenvalue weighted by molar-refractivity contribution is 0.687. The number of benzene rings is 5. The lowest BCUT2D eigenvalue weighted by Crippen LogP contribution is -2.29. The average Bonchev–Trinajstić information content (AvgIpc) is 3.93. The molecule has 10 rings (SSSR count). The summed E-state index contributed by atoms with van der Waals surface area (Å²) in [6.45, 7) is 18.7. The van der Waals surface area contributed by atoms with Crippen LogP contribution in [0.3, 0.4) is 0 Å². The number of aromatic nitrogens is 3. The highest BCUT2D eigenvalue weighted by Gasteiger charge is 2.24. The molecule has 0 amide bonds. The van der Waals surface area contributed by atoms with E-state index in [1.54, 1.807) is 0 Å². The van der Waals surface area contributed by atoms with Crippen molar-refractivity contribution in [2.75, 3.05) is 6.54 Å². The average molecular weight is 891 g/mol. The van der Waals surface area contributed by atoms with Crippen LogP contribution in [0.25, 0.3) is 67.0 Å². The van der Waals surface area contributed by atoms with Crippen molar-refractivity contribution in [1.82, 2.24) is 19.4 Å². The van der Waals surface area contributed by atoms with Crippen LogP contribution in [0.4, 0.5) is 0 Å². The van der Waals surface area contributed by atoms with E-state index < -0.39 is 0 Å². The molecule has 3 aromatic heterocycles. The molecule has 340 valence electrons. The van der Waals surface area contributed by atoms with Gasteiger partial charge in [0, 0.05) is 44.5 Å². The molecule has 5 aromatic carbocycles. The highest BCUT2D eigenvalue weighted by molar-refractivity contribution is 6.13. The van der Waals surface area contributed by atoms with Gasteiger partial charge in [-0.3, -0.25) is 9.98 Å².